The molecular weight excluding hydrogens is 244 g/mol. The quantitative estimate of drug-likeness (QED) is 0.857. The maximum absolute atomic E-state index is 9.64. The van der Waals surface area contributed by atoms with E-state index in [2.05, 4.69) is 13.8 Å². The number of hydrogen-bond donors (Lipinski definition) is 1. The predicted molar refractivity (Wildman–Crippen MR) is 75.2 cm³/mol. The Hall–Kier alpha value is -0.160. The van der Waals surface area contributed by atoms with Crippen LogP contribution in [0.1, 0.15) is 40.5 Å². The third-order valence-electron chi connectivity index (χ3n) is 4.58. The van der Waals surface area contributed by atoms with Gasteiger partial charge in [0.25, 0.3) is 0 Å². The zero-order chi connectivity index (χ0) is 14.5. The van der Waals surface area contributed by atoms with Gasteiger partial charge in [-0.2, -0.15) is 0 Å². The molecule has 0 aromatic heterocycles. The van der Waals surface area contributed by atoms with E-state index in [4.69, 9.17) is 14.2 Å². The van der Waals surface area contributed by atoms with E-state index in [-0.39, 0.29) is 5.60 Å². The smallest absolute Gasteiger partial charge is 0.0955 e. The molecule has 0 spiro atoms. The van der Waals surface area contributed by atoms with Crippen molar-refractivity contribution in [2.45, 2.75) is 51.7 Å². The molecule has 0 radical (unpaired) electrons. The van der Waals surface area contributed by atoms with Crippen LogP contribution < -0.4 is 0 Å². The van der Waals surface area contributed by atoms with Crippen LogP contribution >= 0.6 is 0 Å². The van der Waals surface area contributed by atoms with Crippen LogP contribution in [0.15, 0.2) is 0 Å². The Morgan fingerprint density at radius 1 is 0.947 bits per heavy atom. The first-order chi connectivity index (χ1) is 8.86. The fraction of sp³-hybridized carbons (Fsp3) is 1.00. The van der Waals surface area contributed by atoms with E-state index in [1.54, 1.807) is 7.11 Å². The lowest BCUT2D eigenvalue weighted by atomic mass is 9.89. The van der Waals surface area contributed by atoms with Gasteiger partial charge in [0.1, 0.15) is 0 Å². The van der Waals surface area contributed by atoms with Crippen LogP contribution in [0.3, 0.4) is 0 Å². The minimum absolute atomic E-state index is 0.0139. The van der Waals surface area contributed by atoms with E-state index in [1.807, 2.05) is 13.8 Å². The lowest BCUT2D eigenvalue weighted by molar-refractivity contribution is -0.0511. The number of ether oxygens (including phenoxy) is 3. The summed E-state index contributed by atoms with van der Waals surface area (Å²) in [5.41, 5.74) is -0.514. The fourth-order valence-corrected chi connectivity index (χ4v) is 2.44. The minimum Gasteiger partial charge on any atom is -0.387 e. The van der Waals surface area contributed by atoms with E-state index in [0.717, 1.165) is 26.1 Å². The Bertz CT molecular complexity index is 251. The van der Waals surface area contributed by atoms with Crippen LogP contribution in [-0.4, -0.2) is 49.8 Å². The maximum atomic E-state index is 9.64. The molecule has 0 saturated carbocycles. The summed E-state index contributed by atoms with van der Waals surface area (Å²) in [6.07, 6.45) is 1.84. The summed E-state index contributed by atoms with van der Waals surface area (Å²) in [5.74, 6) is 0.875. The zero-order valence-corrected chi connectivity index (χ0v) is 13.1. The second-order valence-corrected chi connectivity index (χ2v) is 6.29. The van der Waals surface area contributed by atoms with Gasteiger partial charge in [0.05, 0.1) is 24.4 Å². The average Bonchev–Trinajstić information content (AvgIpc) is 2.99. The highest BCUT2D eigenvalue weighted by Gasteiger charge is 2.37. The molecule has 1 N–H and O–H groups in total. The molecule has 0 aromatic carbocycles. The van der Waals surface area contributed by atoms with Crippen molar-refractivity contribution in [1.82, 2.24) is 0 Å². The maximum Gasteiger partial charge on any atom is 0.0955 e. The molecule has 0 aliphatic carbocycles. The summed E-state index contributed by atoms with van der Waals surface area (Å²) in [7, 11) is 1.77. The Morgan fingerprint density at radius 2 is 1.53 bits per heavy atom. The van der Waals surface area contributed by atoms with Crippen molar-refractivity contribution in [3.63, 3.8) is 0 Å². The first-order valence-electron chi connectivity index (χ1n) is 7.29. The van der Waals surface area contributed by atoms with E-state index in [1.165, 1.54) is 0 Å². The molecule has 2 heterocycles. The van der Waals surface area contributed by atoms with Gasteiger partial charge in [-0.25, -0.2) is 0 Å². The van der Waals surface area contributed by atoms with Crippen molar-refractivity contribution >= 4 is 0 Å². The molecule has 2 rings (SSSR count). The summed E-state index contributed by atoms with van der Waals surface area (Å²) in [5, 5.41) is 9.64. The van der Waals surface area contributed by atoms with Crippen molar-refractivity contribution < 1.29 is 19.3 Å². The van der Waals surface area contributed by atoms with E-state index in [9.17, 15) is 5.11 Å². The first-order valence-corrected chi connectivity index (χ1v) is 7.29. The molecule has 2 saturated heterocycles. The topological polar surface area (TPSA) is 47.9 Å². The van der Waals surface area contributed by atoms with Crippen LogP contribution in [0.2, 0.25) is 0 Å². The Labute approximate surface area is 117 Å². The third kappa shape index (κ3) is 4.15. The normalized spacial score (nSPS) is 34.7. The number of hydrogen-bond acceptors (Lipinski definition) is 4. The average molecular weight is 274 g/mol. The summed E-state index contributed by atoms with van der Waals surface area (Å²) in [4.78, 5) is 0. The van der Waals surface area contributed by atoms with E-state index >= 15 is 0 Å². The van der Waals surface area contributed by atoms with Gasteiger partial charge in [-0.3, -0.25) is 0 Å². The monoisotopic (exact) mass is 274 g/mol. The fourth-order valence-electron chi connectivity index (χ4n) is 2.44. The highest BCUT2D eigenvalue weighted by Crippen LogP contribution is 2.30. The van der Waals surface area contributed by atoms with Gasteiger partial charge < -0.3 is 19.3 Å². The molecule has 4 nitrogen and oxygen atoms in total. The van der Waals surface area contributed by atoms with Gasteiger partial charge in [-0.05, 0) is 11.8 Å². The second-order valence-electron chi connectivity index (χ2n) is 6.29. The zero-order valence-electron chi connectivity index (χ0n) is 13.1. The van der Waals surface area contributed by atoms with Crippen LogP contribution in [0.5, 0.6) is 0 Å². The minimum atomic E-state index is -0.528. The molecule has 4 heteroatoms. The SMILES string of the molecule is CC(C)C1(O)CCOC1.COC1(C(C)C)CCOC1. The Balaban J connectivity index is 0.000000191. The van der Waals surface area contributed by atoms with Crippen LogP contribution in [-0.2, 0) is 14.2 Å². The lowest BCUT2D eigenvalue weighted by Gasteiger charge is -2.29. The van der Waals surface area contributed by atoms with Crippen LogP contribution in [0, 0.1) is 11.8 Å². The largest absolute Gasteiger partial charge is 0.387 e. The molecule has 114 valence electrons. The molecule has 2 fully saturated rings. The van der Waals surface area contributed by atoms with Crippen molar-refractivity contribution in [3.05, 3.63) is 0 Å². The second kappa shape index (κ2) is 7.02. The van der Waals surface area contributed by atoms with E-state index < -0.39 is 5.60 Å². The van der Waals surface area contributed by atoms with Crippen molar-refractivity contribution in [2.75, 3.05) is 33.5 Å². The number of aliphatic hydroxyl groups is 1. The van der Waals surface area contributed by atoms with Gasteiger partial charge in [-0.1, -0.05) is 27.7 Å². The molecule has 2 aliphatic heterocycles. The molecule has 0 aromatic rings. The number of methoxy groups -OCH3 is 1. The molecule has 2 unspecified atom stereocenters. The van der Waals surface area contributed by atoms with Gasteiger partial charge in [0, 0.05) is 33.2 Å². The standard InChI is InChI=1S/C8H16O2.C7H14O2/c1-7(2)8(9-3)4-5-10-6-8;1-6(2)7(8)3-4-9-5-7/h7H,4-6H2,1-3H3;6,8H,3-5H2,1-2H3. The van der Waals surface area contributed by atoms with Gasteiger partial charge in [0.2, 0.25) is 0 Å². The first kappa shape index (κ1) is 16.9. The summed E-state index contributed by atoms with van der Waals surface area (Å²) >= 11 is 0. The molecule has 0 bridgehead atoms. The molecular formula is C15H30O4. The van der Waals surface area contributed by atoms with E-state index in [0.29, 0.717) is 25.0 Å². The summed E-state index contributed by atoms with van der Waals surface area (Å²) in [6, 6.07) is 0. The highest BCUT2D eigenvalue weighted by atomic mass is 16.5. The molecule has 19 heavy (non-hydrogen) atoms. The lowest BCUT2D eigenvalue weighted by Crippen LogP contribution is -2.37. The Kier molecular flexibility index (Phi) is 6.24. The van der Waals surface area contributed by atoms with Crippen LogP contribution in [0.4, 0.5) is 0 Å². The molecule has 0 amide bonds. The van der Waals surface area contributed by atoms with Crippen molar-refractivity contribution in [3.8, 4) is 0 Å². The molecule has 2 atom stereocenters. The van der Waals surface area contributed by atoms with Gasteiger partial charge >= 0.3 is 0 Å². The summed E-state index contributed by atoms with van der Waals surface area (Å²) in [6.45, 7) is 11.3. The van der Waals surface area contributed by atoms with Crippen LogP contribution in [0.25, 0.3) is 0 Å². The number of rotatable bonds is 3. The van der Waals surface area contributed by atoms with Crippen molar-refractivity contribution in [2.24, 2.45) is 11.8 Å². The predicted octanol–water partition coefficient (Wildman–Crippen LogP) is 2.24. The van der Waals surface area contributed by atoms with Crippen molar-refractivity contribution in [1.29, 1.82) is 0 Å². The summed E-state index contributed by atoms with van der Waals surface area (Å²) < 4.78 is 15.8. The third-order valence-corrected chi connectivity index (χ3v) is 4.58. The Morgan fingerprint density at radius 3 is 1.74 bits per heavy atom. The van der Waals surface area contributed by atoms with Gasteiger partial charge in [-0.15, -0.1) is 0 Å². The molecule has 2 aliphatic rings. The highest BCUT2D eigenvalue weighted by molar-refractivity contribution is 4.87. The van der Waals surface area contributed by atoms with Gasteiger partial charge in [0.15, 0.2) is 0 Å².